The number of anilines is 1. The second-order valence-corrected chi connectivity index (χ2v) is 8.47. The van der Waals surface area contributed by atoms with Crippen molar-refractivity contribution in [3.63, 3.8) is 0 Å². The van der Waals surface area contributed by atoms with E-state index in [1.807, 2.05) is 0 Å². The van der Waals surface area contributed by atoms with Gasteiger partial charge in [0.1, 0.15) is 43.3 Å². The number of nitrogens with zero attached hydrogens (tertiary/aromatic N) is 2. The number of hydrogen-bond donors (Lipinski definition) is 2. The first kappa shape index (κ1) is 28.1. The van der Waals surface area contributed by atoms with Crippen LogP contribution in [0.15, 0.2) is 41.3 Å². The highest BCUT2D eigenvalue weighted by Crippen LogP contribution is 2.32. The Morgan fingerprint density at radius 2 is 1.92 bits per heavy atom. The van der Waals surface area contributed by atoms with Gasteiger partial charge in [0.25, 0.3) is 5.91 Å². The molecule has 0 bridgehead atoms. The molecule has 0 saturated carbocycles. The number of benzene rings is 1. The lowest BCUT2D eigenvalue weighted by Gasteiger charge is -2.22. The summed E-state index contributed by atoms with van der Waals surface area (Å²) in [5, 5.41) is 13.4. The first-order chi connectivity index (χ1) is 17.7. The van der Waals surface area contributed by atoms with Crippen LogP contribution in [0.4, 0.5) is 5.82 Å². The molecular weight excluding hydrogens is 486 g/mol. The van der Waals surface area contributed by atoms with Gasteiger partial charge in [0.15, 0.2) is 6.23 Å². The minimum absolute atomic E-state index is 0.0448. The van der Waals surface area contributed by atoms with E-state index in [9.17, 15) is 24.3 Å². The average molecular weight is 518 g/mol. The number of hydrogen-bond acceptors (Lipinski definition) is 10. The van der Waals surface area contributed by atoms with E-state index in [2.05, 4.69) is 10.3 Å². The van der Waals surface area contributed by atoms with E-state index in [4.69, 9.17) is 18.9 Å². The van der Waals surface area contributed by atoms with E-state index in [0.29, 0.717) is 17.7 Å². The van der Waals surface area contributed by atoms with Gasteiger partial charge in [0.05, 0.1) is 6.42 Å². The van der Waals surface area contributed by atoms with Crippen LogP contribution in [0.25, 0.3) is 0 Å². The van der Waals surface area contributed by atoms with Gasteiger partial charge < -0.3 is 34.2 Å². The van der Waals surface area contributed by atoms with Crippen molar-refractivity contribution in [1.82, 2.24) is 9.55 Å². The lowest BCUT2D eigenvalue weighted by molar-refractivity contribution is -0.151. The molecule has 0 spiro atoms. The molecule has 1 fully saturated rings. The van der Waals surface area contributed by atoms with Gasteiger partial charge in [0, 0.05) is 30.4 Å². The number of carbonyl (C=O) groups is 3. The second-order valence-electron chi connectivity index (χ2n) is 8.47. The molecule has 200 valence electrons. The molecule has 1 aromatic heterocycles. The number of carbonyl (C=O) groups excluding carboxylic acids is 3. The van der Waals surface area contributed by atoms with Gasteiger partial charge >= 0.3 is 11.7 Å². The molecule has 3 rings (SSSR count). The Hall–Kier alpha value is -3.45. The predicted octanol–water partition coefficient (Wildman–Crippen LogP) is 1.35. The summed E-state index contributed by atoms with van der Waals surface area (Å²) in [6.07, 6.45) is -3.05. The maximum Gasteiger partial charge on any atom is 0.351 e. The number of rotatable bonds is 12. The largest absolute Gasteiger partial charge is 0.463 e. The van der Waals surface area contributed by atoms with Crippen LogP contribution < -0.4 is 11.0 Å². The minimum Gasteiger partial charge on any atom is -0.463 e. The van der Waals surface area contributed by atoms with Crippen LogP contribution in [0.1, 0.15) is 48.8 Å². The fourth-order valence-corrected chi connectivity index (χ4v) is 3.64. The van der Waals surface area contributed by atoms with Crippen molar-refractivity contribution < 1.29 is 38.4 Å². The Morgan fingerprint density at radius 1 is 1.19 bits per heavy atom. The maximum absolute atomic E-state index is 12.9. The van der Waals surface area contributed by atoms with Crippen LogP contribution in [0.2, 0.25) is 0 Å². The zero-order valence-corrected chi connectivity index (χ0v) is 20.9. The number of Topliss-reactive ketones (excluding diaryl/α,β-unsaturated/α-hetero) is 1. The van der Waals surface area contributed by atoms with E-state index in [1.165, 1.54) is 13.1 Å². The number of ketones is 1. The molecule has 12 nitrogen and oxygen atoms in total. The highest BCUT2D eigenvalue weighted by Gasteiger charge is 2.46. The van der Waals surface area contributed by atoms with Gasteiger partial charge in [-0.15, -0.1) is 0 Å². The molecule has 1 aromatic carbocycles. The van der Waals surface area contributed by atoms with Crippen LogP contribution in [0.5, 0.6) is 0 Å². The summed E-state index contributed by atoms with van der Waals surface area (Å²) in [5.41, 5.74) is 0.111. The lowest BCUT2D eigenvalue weighted by atomic mass is 10.1. The fourth-order valence-electron chi connectivity index (χ4n) is 3.64. The van der Waals surface area contributed by atoms with Crippen molar-refractivity contribution in [2.75, 3.05) is 25.3 Å². The summed E-state index contributed by atoms with van der Waals surface area (Å²) < 4.78 is 23.0. The molecule has 37 heavy (non-hydrogen) atoms. The zero-order chi connectivity index (χ0) is 26.9. The third-order valence-corrected chi connectivity index (χ3v) is 5.63. The molecule has 0 unspecified atom stereocenters. The van der Waals surface area contributed by atoms with Crippen molar-refractivity contribution >= 4 is 23.5 Å². The molecule has 4 atom stereocenters. The fraction of sp³-hybridized carbons (Fsp3) is 0.480. The highest BCUT2D eigenvalue weighted by atomic mass is 16.7. The summed E-state index contributed by atoms with van der Waals surface area (Å²) in [7, 11) is 0. The zero-order valence-electron chi connectivity index (χ0n) is 20.9. The van der Waals surface area contributed by atoms with Crippen molar-refractivity contribution in [2.24, 2.45) is 0 Å². The number of aliphatic hydroxyl groups excluding tert-OH is 1. The van der Waals surface area contributed by atoms with E-state index in [0.717, 1.165) is 4.57 Å². The Morgan fingerprint density at radius 3 is 2.59 bits per heavy atom. The van der Waals surface area contributed by atoms with Gasteiger partial charge in [-0.2, -0.15) is 4.98 Å². The molecule has 0 radical (unpaired) electrons. The van der Waals surface area contributed by atoms with Crippen molar-refractivity contribution in [3.8, 4) is 0 Å². The van der Waals surface area contributed by atoms with Crippen molar-refractivity contribution in [3.05, 3.63) is 58.1 Å². The lowest BCUT2D eigenvalue weighted by Crippen LogP contribution is -2.39. The molecule has 12 heteroatoms. The SMILES string of the molecule is CCOCO[C@@H]1[C@H](O)[C@@H](COC(=O)CCC(C)=O)O[C@H]1n1cc(C)c(NC(=O)c2ccccc2)nc1=O. The van der Waals surface area contributed by atoms with Crippen LogP contribution in [0.3, 0.4) is 0 Å². The van der Waals surface area contributed by atoms with Gasteiger partial charge in [-0.3, -0.25) is 14.2 Å². The van der Waals surface area contributed by atoms with E-state index < -0.39 is 42.1 Å². The van der Waals surface area contributed by atoms with Gasteiger partial charge in [-0.1, -0.05) is 18.2 Å². The summed E-state index contributed by atoms with van der Waals surface area (Å²) in [5.74, 6) is -1.11. The van der Waals surface area contributed by atoms with E-state index in [1.54, 1.807) is 44.2 Å². The number of ether oxygens (including phenoxy) is 4. The second kappa shape index (κ2) is 13.2. The molecule has 0 aliphatic carbocycles. The first-order valence-electron chi connectivity index (χ1n) is 11.8. The Kier molecular flexibility index (Phi) is 10.0. The predicted molar refractivity (Wildman–Crippen MR) is 130 cm³/mol. The number of aliphatic hydroxyl groups is 1. The highest BCUT2D eigenvalue weighted by molar-refractivity contribution is 6.04. The maximum atomic E-state index is 12.9. The summed E-state index contributed by atoms with van der Waals surface area (Å²) in [6, 6.07) is 8.48. The summed E-state index contributed by atoms with van der Waals surface area (Å²) in [4.78, 5) is 52.4. The van der Waals surface area contributed by atoms with E-state index in [-0.39, 0.29) is 37.8 Å². The van der Waals surface area contributed by atoms with Crippen LogP contribution in [0, 0.1) is 6.92 Å². The first-order valence-corrected chi connectivity index (χ1v) is 11.8. The number of aromatic nitrogens is 2. The molecule has 1 saturated heterocycles. The quantitative estimate of drug-likeness (QED) is 0.239. The van der Waals surface area contributed by atoms with Crippen LogP contribution >= 0.6 is 0 Å². The normalized spacial score (nSPS) is 21.0. The number of nitrogens with one attached hydrogen (secondary N) is 1. The topological polar surface area (TPSA) is 155 Å². The average Bonchev–Trinajstić information content (AvgIpc) is 3.19. The summed E-state index contributed by atoms with van der Waals surface area (Å²) >= 11 is 0. The van der Waals surface area contributed by atoms with E-state index >= 15 is 0 Å². The van der Waals surface area contributed by atoms with Crippen LogP contribution in [-0.2, 0) is 28.5 Å². The van der Waals surface area contributed by atoms with Crippen molar-refractivity contribution in [2.45, 2.75) is 58.2 Å². The smallest absolute Gasteiger partial charge is 0.351 e. The Labute approximate surface area is 213 Å². The molecule has 2 N–H and O–H groups in total. The number of aryl methyl sites for hydroxylation is 1. The Balaban J connectivity index is 1.77. The molecule has 1 amide bonds. The van der Waals surface area contributed by atoms with Gasteiger partial charge in [-0.05, 0) is 32.9 Å². The molecular formula is C25H31N3O9. The molecule has 1 aliphatic rings. The summed E-state index contributed by atoms with van der Waals surface area (Å²) in [6.45, 7) is 4.67. The Bertz CT molecular complexity index is 1150. The standard InChI is InChI=1S/C25H31N3O9/c1-4-34-14-36-21-20(31)18(13-35-19(30)11-10-16(3)29)37-24(21)28-12-15(2)22(27-25(28)33)26-23(32)17-8-6-5-7-9-17/h5-9,12,18,20-21,24,31H,4,10-11,13-14H2,1-3H3,(H,26,27,32,33)/t18-,20-,21-,24-/m1/s1. The van der Waals surface area contributed by atoms with Gasteiger partial charge in [0.2, 0.25) is 0 Å². The number of esters is 1. The third kappa shape index (κ3) is 7.52. The number of amides is 1. The molecule has 1 aliphatic heterocycles. The minimum atomic E-state index is -1.27. The monoisotopic (exact) mass is 517 g/mol. The van der Waals surface area contributed by atoms with Crippen LogP contribution in [-0.4, -0.2) is 70.6 Å². The van der Waals surface area contributed by atoms with Gasteiger partial charge in [-0.25, -0.2) is 4.79 Å². The molecule has 2 aromatic rings. The third-order valence-electron chi connectivity index (χ3n) is 5.63. The van der Waals surface area contributed by atoms with Crippen molar-refractivity contribution in [1.29, 1.82) is 0 Å². The molecule has 2 heterocycles.